The minimum absolute atomic E-state index is 0.0754. The van der Waals surface area contributed by atoms with Gasteiger partial charge in [-0.25, -0.2) is 0 Å². The first-order chi connectivity index (χ1) is 13.0. The van der Waals surface area contributed by atoms with Crippen LogP contribution in [-0.4, -0.2) is 14.1 Å². The molecular formula is C17H15Cl2F3N2O3S. The standard InChI is InChI=1S/C17H14Cl2F3NO.HNO2S/c1-2-16(23-24-10-11-3-5-12(18)6-4-11)14-9-13(19)7-8-15(14)17(20,21)22;1-4(2)3/h3-9H,2,10H2,1H3;1H/b23-16+;. The third-order valence-corrected chi connectivity index (χ3v) is 3.74. The van der Waals surface area contributed by atoms with E-state index >= 15 is 0 Å². The van der Waals surface area contributed by atoms with E-state index in [0.29, 0.717) is 5.02 Å². The van der Waals surface area contributed by atoms with Crippen molar-refractivity contribution in [3.63, 3.8) is 0 Å². The highest BCUT2D eigenvalue weighted by molar-refractivity contribution is 7.60. The normalized spacial score (nSPS) is 11.4. The maximum Gasteiger partial charge on any atom is 0.417 e. The van der Waals surface area contributed by atoms with Crippen LogP contribution in [0.3, 0.4) is 0 Å². The van der Waals surface area contributed by atoms with Crippen LogP contribution in [0.2, 0.25) is 10.0 Å². The van der Waals surface area contributed by atoms with Gasteiger partial charge < -0.3 is 4.84 Å². The summed E-state index contributed by atoms with van der Waals surface area (Å²) in [6.45, 7) is 1.83. The van der Waals surface area contributed by atoms with E-state index in [4.69, 9.17) is 41.2 Å². The van der Waals surface area contributed by atoms with Gasteiger partial charge in [-0.1, -0.05) is 47.4 Å². The van der Waals surface area contributed by atoms with Gasteiger partial charge in [0, 0.05) is 15.6 Å². The molecule has 5 nitrogen and oxygen atoms in total. The van der Waals surface area contributed by atoms with E-state index in [0.717, 1.165) is 11.6 Å². The summed E-state index contributed by atoms with van der Waals surface area (Å²) < 4.78 is 62.3. The van der Waals surface area contributed by atoms with Crippen LogP contribution < -0.4 is 0 Å². The molecule has 0 saturated heterocycles. The summed E-state index contributed by atoms with van der Waals surface area (Å²) in [5, 5.41) is 4.66. The van der Waals surface area contributed by atoms with Crippen LogP contribution in [0, 0.1) is 4.78 Å². The molecule has 0 amide bonds. The zero-order chi connectivity index (χ0) is 21.3. The molecule has 2 rings (SSSR count). The van der Waals surface area contributed by atoms with Crippen LogP contribution in [-0.2, 0) is 28.1 Å². The number of benzene rings is 2. The zero-order valence-electron chi connectivity index (χ0n) is 14.4. The predicted octanol–water partition coefficient (Wildman–Crippen LogP) is 5.97. The molecule has 0 aliphatic rings. The fourth-order valence-electron chi connectivity index (χ4n) is 2.07. The molecule has 2 aromatic carbocycles. The second kappa shape index (κ2) is 11.0. The average Bonchev–Trinajstić information content (AvgIpc) is 2.58. The number of halogens is 5. The van der Waals surface area contributed by atoms with Gasteiger partial charge in [-0.3, -0.25) is 0 Å². The monoisotopic (exact) mass is 454 g/mol. The first-order valence-electron chi connectivity index (χ1n) is 7.65. The van der Waals surface area contributed by atoms with Gasteiger partial charge in [0.2, 0.25) is 0 Å². The summed E-state index contributed by atoms with van der Waals surface area (Å²) in [5.41, 5.74) is 0.121. The van der Waals surface area contributed by atoms with Crippen molar-refractivity contribution >= 4 is 39.4 Å². The van der Waals surface area contributed by atoms with Crippen LogP contribution in [0.25, 0.3) is 0 Å². The lowest BCUT2D eigenvalue weighted by atomic mass is 10.0. The zero-order valence-corrected chi connectivity index (χ0v) is 16.8. The number of hydrogen-bond donors (Lipinski definition) is 1. The molecule has 28 heavy (non-hydrogen) atoms. The number of hydrogen-bond acceptors (Lipinski definition) is 5. The van der Waals surface area contributed by atoms with Crippen LogP contribution >= 0.6 is 23.2 Å². The number of oxime groups is 1. The Bertz CT molecular complexity index is 925. The molecule has 152 valence electrons. The van der Waals surface area contributed by atoms with Crippen LogP contribution in [0.4, 0.5) is 13.2 Å². The van der Waals surface area contributed by atoms with E-state index in [1.165, 1.54) is 12.1 Å². The molecule has 0 aliphatic carbocycles. The molecule has 0 atom stereocenters. The van der Waals surface area contributed by atoms with Gasteiger partial charge in [-0.2, -0.15) is 26.4 Å². The van der Waals surface area contributed by atoms with Gasteiger partial charge in [0.05, 0.1) is 11.3 Å². The molecule has 0 spiro atoms. The van der Waals surface area contributed by atoms with Crippen molar-refractivity contribution < 1.29 is 26.4 Å². The van der Waals surface area contributed by atoms with E-state index in [1.807, 2.05) is 0 Å². The smallest absolute Gasteiger partial charge is 0.391 e. The summed E-state index contributed by atoms with van der Waals surface area (Å²) >= 11 is 11.6. The fourth-order valence-corrected chi connectivity index (χ4v) is 2.37. The van der Waals surface area contributed by atoms with Gasteiger partial charge in [0.15, 0.2) is 0 Å². The summed E-state index contributed by atoms with van der Waals surface area (Å²) in [6, 6.07) is 10.3. The fraction of sp³-hybridized carbons (Fsp3) is 0.235. The Morgan fingerprint density at radius 2 is 1.64 bits per heavy atom. The van der Waals surface area contributed by atoms with Gasteiger partial charge in [-0.15, -0.1) is 0 Å². The van der Waals surface area contributed by atoms with Gasteiger partial charge in [-0.05, 0) is 42.3 Å². The van der Waals surface area contributed by atoms with Crippen molar-refractivity contribution in [1.29, 1.82) is 4.78 Å². The molecule has 1 N–H and O–H groups in total. The molecule has 0 aromatic heterocycles. The SMILES string of the molecule is CC/C(=N\OCc1ccc(Cl)cc1)c1cc(Cl)ccc1C(F)(F)F.N=S(=O)=O. The summed E-state index contributed by atoms with van der Waals surface area (Å²) in [5.74, 6) is 0. The number of nitrogens with zero attached hydrogens (tertiary/aromatic N) is 1. The second-order valence-electron chi connectivity index (χ2n) is 5.21. The highest BCUT2D eigenvalue weighted by Gasteiger charge is 2.34. The highest BCUT2D eigenvalue weighted by atomic mass is 35.5. The van der Waals surface area contributed by atoms with Crippen molar-refractivity contribution in [3.05, 3.63) is 69.2 Å². The first kappa shape index (κ1) is 23.9. The topological polar surface area (TPSA) is 79.6 Å². The van der Waals surface area contributed by atoms with E-state index in [2.05, 4.69) is 5.16 Å². The maximum absolute atomic E-state index is 13.2. The van der Waals surface area contributed by atoms with Crippen molar-refractivity contribution in [2.75, 3.05) is 0 Å². The lowest BCUT2D eigenvalue weighted by Crippen LogP contribution is -2.13. The third-order valence-electron chi connectivity index (χ3n) is 3.25. The van der Waals surface area contributed by atoms with E-state index in [9.17, 15) is 13.2 Å². The minimum atomic E-state index is -4.49. The van der Waals surface area contributed by atoms with Crippen molar-refractivity contribution in [2.24, 2.45) is 5.16 Å². The molecule has 0 bridgehead atoms. The highest BCUT2D eigenvalue weighted by Crippen LogP contribution is 2.34. The minimum Gasteiger partial charge on any atom is -0.391 e. The molecule has 0 radical (unpaired) electrons. The molecule has 11 heteroatoms. The van der Waals surface area contributed by atoms with Crippen molar-refractivity contribution in [3.8, 4) is 0 Å². The van der Waals surface area contributed by atoms with Crippen molar-refractivity contribution in [2.45, 2.75) is 26.1 Å². The Kier molecular flexibility index (Phi) is 9.44. The van der Waals surface area contributed by atoms with E-state index < -0.39 is 22.2 Å². The Hall–Kier alpha value is -2.10. The second-order valence-corrected chi connectivity index (χ2v) is 6.56. The Morgan fingerprint density at radius 3 is 2.14 bits per heavy atom. The molecule has 0 fully saturated rings. The maximum atomic E-state index is 13.2. The van der Waals surface area contributed by atoms with Gasteiger partial charge in [0.1, 0.15) is 6.61 Å². The van der Waals surface area contributed by atoms with Gasteiger partial charge in [0.25, 0.3) is 0 Å². The van der Waals surface area contributed by atoms with E-state index in [1.54, 1.807) is 31.2 Å². The molecule has 0 unspecified atom stereocenters. The van der Waals surface area contributed by atoms with Gasteiger partial charge >= 0.3 is 16.7 Å². The molecule has 0 aliphatic heterocycles. The summed E-state index contributed by atoms with van der Waals surface area (Å²) in [4.78, 5) is 5.21. The Balaban J connectivity index is 0.000000892. The number of alkyl halides is 3. The largest absolute Gasteiger partial charge is 0.417 e. The Labute approximate surface area is 171 Å². The van der Waals surface area contributed by atoms with E-state index in [-0.39, 0.29) is 29.3 Å². The molecule has 0 heterocycles. The molecule has 2 aromatic rings. The summed E-state index contributed by atoms with van der Waals surface area (Å²) in [7, 11) is -2.61. The number of nitrogens with one attached hydrogen (secondary N) is 1. The summed E-state index contributed by atoms with van der Waals surface area (Å²) in [6.07, 6.45) is -4.23. The Morgan fingerprint density at radius 1 is 1.11 bits per heavy atom. The lowest BCUT2D eigenvalue weighted by molar-refractivity contribution is -0.137. The van der Waals surface area contributed by atoms with Crippen LogP contribution in [0.1, 0.15) is 30.0 Å². The molecule has 0 saturated carbocycles. The first-order valence-corrected chi connectivity index (χ1v) is 9.48. The van der Waals surface area contributed by atoms with Crippen LogP contribution in [0.15, 0.2) is 47.6 Å². The third kappa shape index (κ3) is 8.28. The molecular weight excluding hydrogens is 440 g/mol. The lowest BCUT2D eigenvalue weighted by Gasteiger charge is -2.14. The predicted molar refractivity (Wildman–Crippen MR) is 101 cm³/mol. The van der Waals surface area contributed by atoms with Crippen LogP contribution in [0.5, 0.6) is 0 Å². The number of rotatable bonds is 5. The van der Waals surface area contributed by atoms with Crippen molar-refractivity contribution in [1.82, 2.24) is 0 Å². The average molecular weight is 455 g/mol. The quantitative estimate of drug-likeness (QED) is 0.446.